The van der Waals surface area contributed by atoms with Crippen molar-refractivity contribution >= 4 is 34.8 Å². The molecule has 0 saturated heterocycles. The number of rotatable bonds is 5. The summed E-state index contributed by atoms with van der Waals surface area (Å²) in [6.07, 6.45) is -2.98. The second-order valence-corrected chi connectivity index (χ2v) is 8.14. The van der Waals surface area contributed by atoms with E-state index in [1.807, 2.05) is 0 Å². The topological polar surface area (TPSA) is 46.5 Å². The number of benzene rings is 3. The fourth-order valence-corrected chi connectivity index (χ4v) is 4.07. The van der Waals surface area contributed by atoms with Crippen LogP contribution < -0.4 is 4.74 Å². The van der Waals surface area contributed by atoms with Crippen LogP contribution in [0.1, 0.15) is 35.6 Å². The van der Waals surface area contributed by atoms with Crippen molar-refractivity contribution in [2.45, 2.75) is 19.5 Å². The first-order valence-corrected chi connectivity index (χ1v) is 10.5. The number of hydrogen-bond donors (Lipinski definition) is 1. The minimum atomic E-state index is -4.49. The first kappa shape index (κ1) is 23.6. The SMILES string of the molecule is CC1=C(CC(=O)O)c2cc(F)ccc2/C1=C\c1ccc(Oc2cccc(C(F)(F)F)c2)cc1Cl. The molecule has 0 aliphatic heterocycles. The van der Waals surface area contributed by atoms with E-state index in [0.717, 1.165) is 12.1 Å². The quantitative estimate of drug-likeness (QED) is 0.369. The van der Waals surface area contributed by atoms with E-state index in [9.17, 15) is 27.5 Å². The van der Waals surface area contributed by atoms with Gasteiger partial charge in [0.25, 0.3) is 0 Å². The fourth-order valence-electron chi connectivity index (χ4n) is 3.85. The van der Waals surface area contributed by atoms with Gasteiger partial charge in [-0.15, -0.1) is 0 Å². The summed E-state index contributed by atoms with van der Waals surface area (Å²) in [6, 6.07) is 13.4. The maximum atomic E-state index is 13.8. The van der Waals surface area contributed by atoms with Crippen LogP contribution in [0.3, 0.4) is 0 Å². The van der Waals surface area contributed by atoms with Crippen molar-refractivity contribution in [3.05, 3.63) is 99.3 Å². The average molecular weight is 489 g/mol. The predicted octanol–water partition coefficient (Wildman–Crippen LogP) is 8.09. The summed E-state index contributed by atoms with van der Waals surface area (Å²) in [5.41, 5.74) is 2.90. The van der Waals surface area contributed by atoms with Gasteiger partial charge in [-0.1, -0.05) is 23.7 Å². The second kappa shape index (κ2) is 8.99. The molecule has 8 heteroatoms. The predicted molar refractivity (Wildman–Crippen MR) is 122 cm³/mol. The molecule has 1 N–H and O–H groups in total. The molecule has 0 spiro atoms. The summed E-state index contributed by atoms with van der Waals surface area (Å²) in [6.45, 7) is 1.76. The van der Waals surface area contributed by atoms with Gasteiger partial charge >= 0.3 is 12.1 Å². The highest BCUT2D eigenvalue weighted by Gasteiger charge is 2.30. The van der Waals surface area contributed by atoms with Crippen LogP contribution in [0.2, 0.25) is 5.02 Å². The van der Waals surface area contributed by atoms with Crippen molar-refractivity contribution in [3.63, 3.8) is 0 Å². The number of alkyl halides is 3. The summed E-state index contributed by atoms with van der Waals surface area (Å²) in [4.78, 5) is 11.3. The van der Waals surface area contributed by atoms with Crippen LogP contribution in [0.5, 0.6) is 11.5 Å². The lowest BCUT2D eigenvalue weighted by Crippen LogP contribution is -2.04. The van der Waals surface area contributed by atoms with E-state index in [0.29, 0.717) is 33.4 Å². The van der Waals surface area contributed by atoms with E-state index in [2.05, 4.69) is 0 Å². The monoisotopic (exact) mass is 488 g/mol. The molecule has 0 atom stereocenters. The molecule has 174 valence electrons. The minimum absolute atomic E-state index is 0.0147. The van der Waals surface area contributed by atoms with Gasteiger partial charge in [0.05, 0.1) is 17.0 Å². The third-order valence-corrected chi connectivity index (χ3v) is 5.78. The van der Waals surface area contributed by atoms with E-state index in [-0.39, 0.29) is 22.9 Å². The molecule has 3 aromatic rings. The molecule has 0 fully saturated rings. The van der Waals surface area contributed by atoms with Crippen molar-refractivity contribution in [1.82, 2.24) is 0 Å². The van der Waals surface area contributed by atoms with Crippen LogP contribution in [0.4, 0.5) is 17.6 Å². The number of carboxylic acids is 1. The number of ether oxygens (including phenoxy) is 1. The highest BCUT2D eigenvalue weighted by molar-refractivity contribution is 6.32. The van der Waals surface area contributed by atoms with Gasteiger partial charge in [0, 0.05) is 0 Å². The summed E-state index contributed by atoms with van der Waals surface area (Å²) in [7, 11) is 0. The van der Waals surface area contributed by atoms with Crippen LogP contribution in [-0.4, -0.2) is 11.1 Å². The number of carbonyl (C=O) groups is 1. The number of halogens is 5. The molecule has 4 rings (SSSR count). The Hall–Kier alpha value is -3.58. The Balaban J connectivity index is 1.67. The van der Waals surface area contributed by atoms with Gasteiger partial charge in [-0.2, -0.15) is 13.2 Å². The van der Waals surface area contributed by atoms with Crippen molar-refractivity contribution in [1.29, 1.82) is 0 Å². The smallest absolute Gasteiger partial charge is 0.416 e. The van der Waals surface area contributed by atoms with Crippen LogP contribution in [-0.2, 0) is 11.0 Å². The zero-order valence-corrected chi connectivity index (χ0v) is 18.5. The van der Waals surface area contributed by atoms with E-state index < -0.39 is 23.5 Å². The summed E-state index contributed by atoms with van der Waals surface area (Å²) in [5, 5.41) is 9.55. The highest BCUT2D eigenvalue weighted by atomic mass is 35.5. The molecular weight excluding hydrogens is 472 g/mol. The molecule has 1 aliphatic carbocycles. The molecule has 0 bridgehead atoms. The zero-order valence-electron chi connectivity index (χ0n) is 17.7. The molecule has 34 heavy (non-hydrogen) atoms. The largest absolute Gasteiger partial charge is 0.481 e. The van der Waals surface area contributed by atoms with Crippen LogP contribution in [0, 0.1) is 5.82 Å². The van der Waals surface area contributed by atoms with Gasteiger partial charge in [0.2, 0.25) is 0 Å². The van der Waals surface area contributed by atoms with Crippen molar-refractivity contribution in [2.24, 2.45) is 0 Å². The second-order valence-electron chi connectivity index (χ2n) is 7.73. The van der Waals surface area contributed by atoms with E-state index in [1.165, 1.54) is 30.3 Å². The van der Waals surface area contributed by atoms with Gasteiger partial charge in [0.1, 0.15) is 17.3 Å². The molecule has 0 saturated carbocycles. The molecular formula is C26H17ClF4O3. The Kier molecular flexibility index (Phi) is 6.23. The van der Waals surface area contributed by atoms with Gasteiger partial charge in [-0.3, -0.25) is 4.79 Å². The van der Waals surface area contributed by atoms with E-state index in [1.54, 1.807) is 31.2 Å². The molecule has 3 nitrogen and oxygen atoms in total. The molecule has 0 radical (unpaired) electrons. The zero-order chi connectivity index (χ0) is 24.6. The average Bonchev–Trinajstić information content (AvgIpc) is 3.00. The standard InChI is InChI=1S/C26H17ClF4O3/c1-14-21(20-8-6-17(28)11-23(20)22(14)13-25(32)33)9-15-5-7-19(12-24(15)27)34-18-4-2-3-16(10-18)26(29,30)31/h2-12H,13H2,1H3,(H,32,33)/b21-9-. The lowest BCUT2D eigenvalue weighted by molar-refractivity contribution is -0.138. The van der Waals surface area contributed by atoms with E-state index >= 15 is 0 Å². The van der Waals surface area contributed by atoms with Crippen LogP contribution in [0.25, 0.3) is 17.2 Å². The first-order chi connectivity index (χ1) is 16.0. The van der Waals surface area contributed by atoms with E-state index in [4.69, 9.17) is 16.3 Å². The normalized spacial score (nSPS) is 14.5. The number of aliphatic carboxylic acids is 1. The minimum Gasteiger partial charge on any atom is -0.481 e. The van der Waals surface area contributed by atoms with Crippen LogP contribution in [0.15, 0.2) is 66.2 Å². The Morgan fingerprint density at radius 3 is 2.44 bits per heavy atom. The Morgan fingerprint density at radius 2 is 1.76 bits per heavy atom. The maximum Gasteiger partial charge on any atom is 0.416 e. The lowest BCUT2D eigenvalue weighted by atomic mass is 10.0. The summed E-state index contributed by atoms with van der Waals surface area (Å²) in [5.74, 6) is -1.23. The van der Waals surface area contributed by atoms with Crippen molar-refractivity contribution in [2.75, 3.05) is 0 Å². The number of carboxylic acid groups (broad SMARTS) is 1. The maximum absolute atomic E-state index is 13.8. The first-order valence-electron chi connectivity index (χ1n) is 10.1. The third-order valence-electron chi connectivity index (χ3n) is 5.45. The molecule has 3 aromatic carbocycles. The summed E-state index contributed by atoms with van der Waals surface area (Å²) >= 11 is 6.42. The number of fused-ring (bicyclic) bond motifs is 1. The fraction of sp³-hybridized carbons (Fsp3) is 0.115. The number of allylic oxidation sites excluding steroid dienone is 2. The highest BCUT2D eigenvalue weighted by Crippen LogP contribution is 2.44. The van der Waals surface area contributed by atoms with Crippen molar-refractivity contribution < 1.29 is 32.2 Å². The Morgan fingerprint density at radius 1 is 1.03 bits per heavy atom. The number of hydrogen-bond acceptors (Lipinski definition) is 2. The van der Waals surface area contributed by atoms with Gasteiger partial charge in [-0.25, -0.2) is 4.39 Å². The third kappa shape index (κ3) is 4.84. The summed E-state index contributed by atoms with van der Waals surface area (Å²) < 4.78 is 58.2. The van der Waals surface area contributed by atoms with Gasteiger partial charge < -0.3 is 9.84 Å². The molecule has 0 aromatic heterocycles. The molecule has 0 amide bonds. The van der Waals surface area contributed by atoms with Crippen LogP contribution >= 0.6 is 11.6 Å². The lowest BCUT2D eigenvalue weighted by Gasteiger charge is -2.11. The Labute approximate surface area is 197 Å². The molecule has 0 heterocycles. The van der Waals surface area contributed by atoms with Gasteiger partial charge in [-0.05, 0) is 94.9 Å². The van der Waals surface area contributed by atoms with Gasteiger partial charge in [0.15, 0.2) is 0 Å². The molecule has 0 unspecified atom stereocenters. The Bertz CT molecular complexity index is 1360. The molecule has 1 aliphatic rings. The van der Waals surface area contributed by atoms with Crippen molar-refractivity contribution in [3.8, 4) is 11.5 Å².